The molecule has 0 radical (unpaired) electrons. The number of hydrogen-bond donors (Lipinski definition) is 1. The van der Waals surface area contributed by atoms with Gasteiger partial charge in [-0.2, -0.15) is 0 Å². The minimum absolute atomic E-state index is 0.151. The molecule has 0 amide bonds. The van der Waals surface area contributed by atoms with Gasteiger partial charge in [0.25, 0.3) is 0 Å². The Morgan fingerprint density at radius 2 is 1.75 bits per heavy atom. The van der Waals surface area contributed by atoms with Gasteiger partial charge >= 0.3 is 5.97 Å². The molecule has 0 saturated heterocycles. The standard InChI is InChI=1S/C19H14Cl2O3/c20-15-7-5-14(17(21)11-15)10-18(19(22)23)24-16-8-6-12-3-1-2-4-13(12)9-16/h1-9,11,18H,10H2,(H,22,23). The van der Waals surface area contributed by atoms with E-state index in [0.717, 1.165) is 10.8 Å². The molecule has 5 heteroatoms. The first-order chi connectivity index (χ1) is 11.5. The van der Waals surface area contributed by atoms with Crippen molar-refractivity contribution >= 4 is 39.9 Å². The Labute approximate surface area is 149 Å². The fraction of sp³-hybridized carbons (Fsp3) is 0.105. The van der Waals surface area contributed by atoms with Crippen LogP contribution < -0.4 is 4.74 Å². The van der Waals surface area contributed by atoms with Gasteiger partial charge in [-0.3, -0.25) is 0 Å². The lowest BCUT2D eigenvalue weighted by Crippen LogP contribution is -2.29. The molecule has 0 saturated carbocycles. The van der Waals surface area contributed by atoms with E-state index in [-0.39, 0.29) is 6.42 Å². The Kier molecular flexibility index (Phi) is 4.93. The summed E-state index contributed by atoms with van der Waals surface area (Å²) in [6.07, 6.45) is -0.886. The second-order valence-electron chi connectivity index (χ2n) is 5.39. The molecular formula is C19H14Cl2O3. The van der Waals surface area contributed by atoms with E-state index in [2.05, 4.69) is 0 Å². The summed E-state index contributed by atoms with van der Waals surface area (Å²) in [5.41, 5.74) is 0.675. The minimum atomic E-state index is -1.05. The fourth-order valence-electron chi connectivity index (χ4n) is 2.47. The van der Waals surface area contributed by atoms with Crippen molar-refractivity contribution in [2.24, 2.45) is 0 Å². The van der Waals surface area contributed by atoms with Crippen molar-refractivity contribution in [2.75, 3.05) is 0 Å². The lowest BCUT2D eigenvalue weighted by Gasteiger charge is -2.16. The zero-order valence-electron chi connectivity index (χ0n) is 12.6. The van der Waals surface area contributed by atoms with Crippen LogP contribution in [0.5, 0.6) is 5.75 Å². The van der Waals surface area contributed by atoms with Crippen LogP contribution in [0.4, 0.5) is 0 Å². The molecule has 1 atom stereocenters. The van der Waals surface area contributed by atoms with E-state index in [1.807, 2.05) is 36.4 Å². The number of carboxylic acid groups (broad SMARTS) is 1. The molecule has 3 aromatic rings. The monoisotopic (exact) mass is 360 g/mol. The lowest BCUT2D eigenvalue weighted by molar-refractivity contribution is -0.145. The van der Waals surface area contributed by atoms with Gasteiger partial charge in [-0.05, 0) is 40.6 Å². The van der Waals surface area contributed by atoms with Gasteiger partial charge < -0.3 is 9.84 Å². The van der Waals surface area contributed by atoms with Gasteiger partial charge in [-0.15, -0.1) is 0 Å². The first-order valence-corrected chi connectivity index (χ1v) is 8.11. The first kappa shape index (κ1) is 16.6. The highest BCUT2D eigenvalue weighted by Crippen LogP contribution is 2.25. The molecule has 1 unspecified atom stereocenters. The van der Waals surface area contributed by atoms with E-state index < -0.39 is 12.1 Å². The first-order valence-electron chi connectivity index (χ1n) is 7.35. The summed E-state index contributed by atoms with van der Waals surface area (Å²) >= 11 is 12.0. The SMILES string of the molecule is O=C(O)C(Cc1ccc(Cl)cc1Cl)Oc1ccc2ccccc2c1. The Bertz CT molecular complexity index is 893. The van der Waals surface area contributed by atoms with Gasteiger partial charge in [-0.1, -0.05) is 59.6 Å². The molecule has 3 aromatic carbocycles. The van der Waals surface area contributed by atoms with Crippen LogP contribution in [0, 0.1) is 0 Å². The largest absolute Gasteiger partial charge is 0.478 e. The molecule has 0 spiro atoms. The predicted molar refractivity (Wildman–Crippen MR) is 96.2 cm³/mol. The van der Waals surface area contributed by atoms with Gasteiger partial charge in [0.05, 0.1) is 0 Å². The van der Waals surface area contributed by atoms with Gasteiger partial charge in [-0.25, -0.2) is 4.79 Å². The molecule has 0 fully saturated rings. The van der Waals surface area contributed by atoms with Gasteiger partial charge in [0.15, 0.2) is 6.10 Å². The third kappa shape index (κ3) is 3.81. The van der Waals surface area contributed by atoms with Gasteiger partial charge in [0, 0.05) is 16.5 Å². The molecule has 0 aliphatic rings. The average molecular weight is 361 g/mol. The third-order valence-corrected chi connectivity index (χ3v) is 4.28. The number of hydrogen-bond acceptors (Lipinski definition) is 2. The molecule has 24 heavy (non-hydrogen) atoms. The average Bonchev–Trinajstić information content (AvgIpc) is 2.56. The maximum absolute atomic E-state index is 11.6. The maximum atomic E-state index is 11.6. The number of benzene rings is 3. The zero-order chi connectivity index (χ0) is 17.1. The Balaban J connectivity index is 1.83. The number of carboxylic acids is 1. The topological polar surface area (TPSA) is 46.5 Å². The number of halogens is 2. The molecular weight excluding hydrogens is 347 g/mol. The van der Waals surface area contributed by atoms with E-state index in [1.54, 1.807) is 24.3 Å². The summed E-state index contributed by atoms with van der Waals surface area (Å²) < 4.78 is 5.68. The van der Waals surface area contributed by atoms with Crippen LogP contribution in [0.25, 0.3) is 10.8 Å². The summed E-state index contributed by atoms with van der Waals surface area (Å²) in [5, 5.41) is 12.4. The summed E-state index contributed by atoms with van der Waals surface area (Å²) in [4.78, 5) is 11.6. The van der Waals surface area contributed by atoms with Crippen LogP contribution in [0.1, 0.15) is 5.56 Å². The molecule has 0 aliphatic heterocycles. The third-order valence-electron chi connectivity index (χ3n) is 3.70. The van der Waals surface area contributed by atoms with Gasteiger partial charge in [0.2, 0.25) is 0 Å². The summed E-state index contributed by atoms with van der Waals surface area (Å²) in [6, 6.07) is 18.3. The molecule has 0 heterocycles. The van der Waals surface area contributed by atoms with Crippen molar-refractivity contribution in [1.29, 1.82) is 0 Å². The molecule has 122 valence electrons. The molecule has 0 bridgehead atoms. The summed E-state index contributed by atoms with van der Waals surface area (Å²) in [7, 11) is 0. The quantitative estimate of drug-likeness (QED) is 0.678. The number of ether oxygens (including phenoxy) is 1. The number of fused-ring (bicyclic) bond motifs is 1. The highest BCUT2D eigenvalue weighted by molar-refractivity contribution is 6.35. The van der Waals surface area contributed by atoms with Crippen LogP contribution >= 0.6 is 23.2 Å². The van der Waals surface area contributed by atoms with Crippen LogP contribution in [0.15, 0.2) is 60.7 Å². The van der Waals surface area contributed by atoms with E-state index in [1.165, 1.54) is 0 Å². The Morgan fingerprint density at radius 1 is 1.00 bits per heavy atom. The molecule has 3 nitrogen and oxygen atoms in total. The maximum Gasteiger partial charge on any atom is 0.345 e. The number of carbonyl (C=O) groups is 1. The lowest BCUT2D eigenvalue weighted by atomic mass is 10.1. The Hall–Kier alpha value is -2.23. The fourth-order valence-corrected chi connectivity index (χ4v) is 2.96. The van der Waals surface area contributed by atoms with Crippen LogP contribution in [0.2, 0.25) is 10.0 Å². The Morgan fingerprint density at radius 3 is 2.46 bits per heavy atom. The predicted octanol–water partition coefficient (Wildman–Crippen LogP) is 5.22. The summed E-state index contributed by atoms with van der Waals surface area (Å²) in [5.74, 6) is -0.541. The van der Waals surface area contributed by atoms with Crippen molar-refractivity contribution in [3.8, 4) is 5.75 Å². The van der Waals surface area contributed by atoms with E-state index >= 15 is 0 Å². The second-order valence-corrected chi connectivity index (χ2v) is 6.24. The van der Waals surface area contributed by atoms with Crippen molar-refractivity contribution in [1.82, 2.24) is 0 Å². The molecule has 1 N–H and O–H groups in total. The minimum Gasteiger partial charge on any atom is -0.478 e. The van der Waals surface area contributed by atoms with Crippen LogP contribution in [-0.4, -0.2) is 17.2 Å². The molecule has 0 aromatic heterocycles. The highest BCUT2D eigenvalue weighted by Gasteiger charge is 2.21. The summed E-state index contributed by atoms with van der Waals surface area (Å²) in [6.45, 7) is 0. The van der Waals surface area contributed by atoms with E-state index in [9.17, 15) is 9.90 Å². The van der Waals surface area contributed by atoms with Crippen LogP contribution in [0.3, 0.4) is 0 Å². The van der Waals surface area contributed by atoms with Crippen molar-refractivity contribution in [2.45, 2.75) is 12.5 Å². The van der Waals surface area contributed by atoms with Crippen molar-refractivity contribution in [3.63, 3.8) is 0 Å². The smallest absolute Gasteiger partial charge is 0.345 e. The number of rotatable bonds is 5. The molecule has 0 aliphatic carbocycles. The zero-order valence-corrected chi connectivity index (χ0v) is 14.1. The second kappa shape index (κ2) is 7.12. The van der Waals surface area contributed by atoms with Crippen molar-refractivity contribution in [3.05, 3.63) is 76.3 Å². The van der Waals surface area contributed by atoms with Crippen molar-refractivity contribution < 1.29 is 14.6 Å². The van der Waals surface area contributed by atoms with Gasteiger partial charge in [0.1, 0.15) is 5.75 Å². The normalized spacial score (nSPS) is 12.1. The van der Waals surface area contributed by atoms with Crippen LogP contribution in [-0.2, 0) is 11.2 Å². The molecule has 3 rings (SSSR count). The van der Waals surface area contributed by atoms with E-state index in [0.29, 0.717) is 21.4 Å². The highest BCUT2D eigenvalue weighted by atomic mass is 35.5. The number of aliphatic carboxylic acids is 1. The van der Waals surface area contributed by atoms with E-state index in [4.69, 9.17) is 27.9 Å².